The zero-order valence-corrected chi connectivity index (χ0v) is 26.2. The monoisotopic (exact) mass is 692 g/mol. The predicted molar refractivity (Wildman–Crippen MR) is 131 cm³/mol. The van der Waals surface area contributed by atoms with Crippen molar-refractivity contribution in [1.29, 1.82) is 0 Å². The highest BCUT2D eigenvalue weighted by Crippen LogP contribution is 2.53. The number of carbonyl (C=O) groups excluding carboxylic acids is 1. The number of carbonyl (C=O) groups is 1. The van der Waals surface area contributed by atoms with Gasteiger partial charge in [0, 0.05) is 6.42 Å². The van der Waals surface area contributed by atoms with Crippen LogP contribution in [0.2, 0.25) is 0 Å². The molecule has 1 heterocycles. The van der Waals surface area contributed by atoms with Crippen LogP contribution in [0, 0.1) is 5.41 Å². The van der Waals surface area contributed by atoms with E-state index < -0.39 is 5.60 Å². The second-order valence-electron chi connectivity index (χ2n) is 10.9. The Morgan fingerprint density at radius 3 is 2.00 bits per heavy atom. The van der Waals surface area contributed by atoms with Crippen LogP contribution in [0.4, 0.5) is 0 Å². The maximum Gasteiger partial charge on any atom is 0.339 e. The van der Waals surface area contributed by atoms with Crippen LogP contribution >= 0.6 is 0 Å². The van der Waals surface area contributed by atoms with Crippen molar-refractivity contribution in [3.05, 3.63) is 71.8 Å². The van der Waals surface area contributed by atoms with Gasteiger partial charge in [-0.1, -0.05) is 48.5 Å². The van der Waals surface area contributed by atoms with E-state index in [1.807, 2.05) is 36.4 Å². The number of benzene rings is 2. The maximum absolute atomic E-state index is 13.5. The lowest BCUT2D eigenvalue weighted by Crippen LogP contribution is -3.00. The third-order valence-electron chi connectivity index (χ3n) is 8.28. The van der Waals surface area contributed by atoms with Gasteiger partial charge in [0.1, 0.15) is 5.41 Å². The van der Waals surface area contributed by atoms with Crippen molar-refractivity contribution in [2.45, 2.75) is 45.8 Å². The third kappa shape index (κ3) is 6.16. The van der Waals surface area contributed by atoms with Crippen molar-refractivity contribution >= 4 is 5.97 Å². The first kappa shape index (κ1) is 31.3. The van der Waals surface area contributed by atoms with Crippen molar-refractivity contribution < 1.29 is 66.5 Å². The lowest BCUT2D eigenvalue weighted by Gasteiger charge is -2.59. The van der Waals surface area contributed by atoms with Gasteiger partial charge in [-0.05, 0) is 45.4 Å². The fourth-order valence-corrected chi connectivity index (χ4v) is 5.75. The fraction of sp³-hybridized carbons (Fsp3) is 0.536. The van der Waals surface area contributed by atoms with Gasteiger partial charge in [-0.2, -0.15) is 0 Å². The molecule has 34 heavy (non-hydrogen) atoms. The summed E-state index contributed by atoms with van der Waals surface area (Å²) in [6, 6.07) is 20.3. The second kappa shape index (κ2) is 12.0. The molecule has 3 rings (SSSR count). The van der Waals surface area contributed by atoms with Gasteiger partial charge in [0.15, 0.2) is 5.60 Å². The van der Waals surface area contributed by atoms with Gasteiger partial charge in [-0.25, -0.2) is 4.79 Å². The standard InChI is InChI=1S/C28H42N2O2.2HI/c1-8-30(7,9-2)22-27(4)21-29(5,6)23(3)20-28(27,25-18-14-11-15-19-25)32-26(31)24-16-12-10-13-17-24;;/h10-19,23H,8-9,20-22H2,1-7H3;2*1H/q+2;;/p-2. The van der Waals surface area contributed by atoms with E-state index in [0.717, 1.165) is 47.1 Å². The number of esters is 1. The van der Waals surface area contributed by atoms with Gasteiger partial charge >= 0.3 is 5.97 Å². The molecule has 190 valence electrons. The Balaban J connectivity index is 0.00000289. The average Bonchev–Trinajstić information content (AvgIpc) is 2.78. The molecule has 1 aliphatic heterocycles. The van der Waals surface area contributed by atoms with E-state index in [0.29, 0.717) is 11.6 Å². The van der Waals surface area contributed by atoms with E-state index in [1.54, 1.807) is 0 Å². The molecule has 1 fully saturated rings. The quantitative estimate of drug-likeness (QED) is 0.214. The normalized spacial score (nSPS) is 26.0. The van der Waals surface area contributed by atoms with Crippen LogP contribution in [0.1, 0.15) is 50.0 Å². The Labute approximate surface area is 241 Å². The average molecular weight is 692 g/mol. The largest absolute Gasteiger partial charge is 1.00 e. The minimum Gasteiger partial charge on any atom is -1.00 e. The summed E-state index contributed by atoms with van der Waals surface area (Å²) in [4.78, 5) is 13.5. The zero-order chi connectivity index (χ0) is 23.6. The Morgan fingerprint density at radius 2 is 1.50 bits per heavy atom. The highest BCUT2D eigenvalue weighted by molar-refractivity contribution is 5.89. The summed E-state index contributed by atoms with van der Waals surface area (Å²) >= 11 is 0. The Morgan fingerprint density at radius 1 is 1.00 bits per heavy atom. The number of halogens is 2. The summed E-state index contributed by atoms with van der Waals surface area (Å²) in [5.74, 6) is -0.234. The molecule has 0 saturated carbocycles. The summed E-state index contributed by atoms with van der Waals surface area (Å²) < 4.78 is 8.57. The first-order valence-corrected chi connectivity index (χ1v) is 12.0. The molecule has 0 aliphatic carbocycles. The molecule has 0 spiro atoms. The molecule has 1 aliphatic rings. The Bertz CT molecular complexity index is 919. The first-order chi connectivity index (χ1) is 15.0. The number of ether oxygens (including phenoxy) is 1. The molecule has 0 radical (unpaired) electrons. The lowest BCUT2D eigenvalue weighted by molar-refractivity contribution is -0.949. The van der Waals surface area contributed by atoms with Crippen LogP contribution in [0.15, 0.2) is 60.7 Å². The predicted octanol–water partition coefficient (Wildman–Crippen LogP) is -0.892. The van der Waals surface area contributed by atoms with E-state index in [2.05, 4.69) is 73.1 Å². The van der Waals surface area contributed by atoms with Gasteiger partial charge in [0.2, 0.25) is 0 Å². The number of nitrogens with zero attached hydrogens (tertiary/aromatic N) is 2. The molecule has 1 saturated heterocycles. The summed E-state index contributed by atoms with van der Waals surface area (Å²) in [7, 11) is 6.97. The van der Waals surface area contributed by atoms with E-state index >= 15 is 0 Å². The first-order valence-electron chi connectivity index (χ1n) is 12.0. The van der Waals surface area contributed by atoms with Crippen molar-refractivity contribution in [2.24, 2.45) is 5.41 Å². The molecule has 4 nitrogen and oxygen atoms in total. The zero-order valence-electron chi connectivity index (χ0n) is 21.9. The molecule has 3 atom stereocenters. The number of rotatable bonds is 7. The molecule has 0 aromatic heterocycles. The molecule has 0 bridgehead atoms. The number of piperidine rings is 1. The van der Waals surface area contributed by atoms with Crippen molar-refractivity contribution in [2.75, 3.05) is 47.3 Å². The molecule has 2 aromatic rings. The summed E-state index contributed by atoms with van der Waals surface area (Å²) in [5, 5.41) is 0. The SMILES string of the molecule is CC[N+](C)(CC)CC1(C)C[N+](C)(C)C(C)CC1(OC(=O)c1ccccc1)c1ccccc1.[I-].[I-]. The van der Waals surface area contributed by atoms with E-state index in [-0.39, 0.29) is 59.3 Å². The third-order valence-corrected chi connectivity index (χ3v) is 8.28. The van der Waals surface area contributed by atoms with Gasteiger partial charge < -0.3 is 61.7 Å². The van der Waals surface area contributed by atoms with Crippen molar-refractivity contribution in [1.82, 2.24) is 0 Å². The van der Waals surface area contributed by atoms with Crippen LogP contribution in [0.25, 0.3) is 0 Å². The van der Waals surface area contributed by atoms with Crippen LogP contribution < -0.4 is 48.0 Å². The van der Waals surface area contributed by atoms with Gasteiger partial charge in [-0.15, -0.1) is 0 Å². The summed E-state index contributed by atoms with van der Waals surface area (Å²) in [6.45, 7) is 13.2. The van der Waals surface area contributed by atoms with E-state index in [1.165, 1.54) is 0 Å². The maximum atomic E-state index is 13.5. The lowest BCUT2D eigenvalue weighted by atomic mass is 9.62. The minimum absolute atomic E-state index is 0. The topological polar surface area (TPSA) is 26.3 Å². The fourth-order valence-electron chi connectivity index (χ4n) is 5.75. The van der Waals surface area contributed by atoms with Crippen LogP contribution in [-0.2, 0) is 10.3 Å². The molecule has 6 heteroatoms. The van der Waals surface area contributed by atoms with E-state index in [9.17, 15) is 4.79 Å². The van der Waals surface area contributed by atoms with Gasteiger partial charge in [0.05, 0.1) is 58.9 Å². The molecule has 0 N–H and O–H groups in total. The number of likely N-dealkylation sites (tertiary alicyclic amines) is 1. The van der Waals surface area contributed by atoms with Crippen LogP contribution in [-0.4, -0.2) is 68.3 Å². The highest BCUT2D eigenvalue weighted by Gasteiger charge is 2.63. The smallest absolute Gasteiger partial charge is 0.339 e. The molecular formula is C28H42I2N2O2. The summed E-state index contributed by atoms with van der Waals surface area (Å²) in [5.41, 5.74) is 0.783. The Kier molecular flexibility index (Phi) is 11.1. The highest BCUT2D eigenvalue weighted by atomic mass is 127. The minimum atomic E-state index is -0.696. The second-order valence-corrected chi connectivity index (χ2v) is 10.9. The summed E-state index contributed by atoms with van der Waals surface area (Å²) in [6.07, 6.45) is 0.798. The Hall–Kier alpha value is -0.710. The van der Waals surface area contributed by atoms with Crippen molar-refractivity contribution in [3.8, 4) is 0 Å². The van der Waals surface area contributed by atoms with E-state index in [4.69, 9.17) is 4.74 Å². The molecule has 0 amide bonds. The number of hydrogen-bond acceptors (Lipinski definition) is 2. The van der Waals surface area contributed by atoms with Gasteiger partial charge in [0.25, 0.3) is 0 Å². The van der Waals surface area contributed by atoms with Crippen LogP contribution in [0.3, 0.4) is 0 Å². The van der Waals surface area contributed by atoms with Crippen LogP contribution in [0.5, 0.6) is 0 Å². The molecular weight excluding hydrogens is 650 g/mol. The van der Waals surface area contributed by atoms with Gasteiger partial charge in [-0.3, -0.25) is 0 Å². The molecule has 2 aromatic carbocycles. The number of quaternary nitrogens is 2. The molecule has 3 unspecified atom stereocenters. The number of hydrogen-bond donors (Lipinski definition) is 0. The van der Waals surface area contributed by atoms with Crippen molar-refractivity contribution in [3.63, 3.8) is 0 Å².